The number of carbonyl (C=O) groups is 1. The summed E-state index contributed by atoms with van der Waals surface area (Å²) >= 11 is 5.00. The monoisotopic (exact) mass is 395 g/mol. The van der Waals surface area contributed by atoms with E-state index in [1.54, 1.807) is 18.9 Å². The predicted molar refractivity (Wildman–Crippen MR) is 99.6 cm³/mol. The van der Waals surface area contributed by atoms with E-state index in [1.165, 1.54) is 0 Å². The van der Waals surface area contributed by atoms with E-state index >= 15 is 0 Å². The molecule has 0 bridgehead atoms. The number of carbonyl (C=O) groups excluding carboxylic acids is 1. The van der Waals surface area contributed by atoms with Gasteiger partial charge in [-0.2, -0.15) is 0 Å². The van der Waals surface area contributed by atoms with Crippen molar-refractivity contribution >= 4 is 33.5 Å². The van der Waals surface area contributed by atoms with Crippen LogP contribution >= 0.6 is 27.7 Å². The van der Waals surface area contributed by atoms with Gasteiger partial charge in [-0.25, -0.2) is 0 Å². The Balaban J connectivity index is 2.01. The molecule has 0 atom stereocenters. The van der Waals surface area contributed by atoms with Gasteiger partial charge in [0, 0.05) is 46.6 Å². The number of rotatable bonds is 8. The van der Waals surface area contributed by atoms with E-state index in [4.69, 9.17) is 4.74 Å². The molecule has 124 valence electrons. The number of ketones is 1. The molecule has 2 rings (SSSR count). The smallest absolute Gasteiger partial charge is 0.174 e. The van der Waals surface area contributed by atoms with E-state index in [2.05, 4.69) is 27.4 Å². The standard InChI is InChI=1S/C18H22BrNO2S/c1-13-11-17(14(2)20(13)9-4-10-22-3)18(21)12-23-16-7-5-15(19)6-8-16/h5-8,11H,4,9-10,12H2,1-3H3. The molecule has 1 aromatic carbocycles. The third-order valence-corrected chi connectivity index (χ3v) is 5.33. The zero-order valence-electron chi connectivity index (χ0n) is 13.8. The fraction of sp³-hybridized carbons (Fsp3) is 0.389. The van der Waals surface area contributed by atoms with Gasteiger partial charge in [0.2, 0.25) is 0 Å². The minimum Gasteiger partial charge on any atom is -0.385 e. The molecule has 0 spiro atoms. The molecule has 1 heterocycles. The molecule has 1 aromatic heterocycles. The Morgan fingerprint density at radius 3 is 2.61 bits per heavy atom. The van der Waals surface area contributed by atoms with Crippen LogP contribution in [0.3, 0.4) is 0 Å². The Labute approximate surface area is 150 Å². The Morgan fingerprint density at radius 2 is 1.96 bits per heavy atom. The number of thioether (sulfide) groups is 1. The first-order chi connectivity index (χ1) is 11.0. The highest BCUT2D eigenvalue weighted by atomic mass is 79.9. The third-order valence-electron chi connectivity index (χ3n) is 3.79. The lowest BCUT2D eigenvalue weighted by Crippen LogP contribution is -2.08. The minimum atomic E-state index is 0.184. The Hall–Kier alpha value is -1.04. The van der Waals surface area contributed by atoms with Crippen LogP contribution in [0.4, 0.5) is 0 Å². The van der Waals surface area contributed by atoms with Crippen LogP contribution < -0.4 is 0 Å². The summed E-state index contributed by atoms with van der Waals surface area (Å²) in [5, 5.41) is 0. The SMILES string of the molecule is COCCCn1c(C)cc(C(=O)CSc2ccc(Br)cc2)c1C. The number of Topliss-reactive ketones (excluding diaryl/α,β-unsaturated/α-hetero) is 1. The average molecular weight is 396 g/mol. The van der Waals surface area contributed by atoms with Crippen molar-refractivity contribution in [1.82, 2.24) is 4.57 Å². The summed E-state index contributed by atoms with van der Waals surface area (Å²) in [4.78, 5) is 13.6. The topological polar surface area (TPSA) is 31.2 Å². The first-order valence-corrected chi connectivity index (χ1v) is 9.38. The van der Waals surface area contributed by atoms with E-state index in [0.29, 0.717) is 5.75 Å². The van der Waals surface area contributed by atoms with Gasteiger partial charge in [0.25, 0.3) is 0 Å². The molecule has 5 heteroatoms. The third kappa shape index (κ3) is 4.96. The van der Waals surface area contributed by atoms with Crippen LogP contribution in [0.5, 0.6) is 0 Å². The van der Waals surface area contributed by atoms with Crippen LogP contribution in [0.1, 0.15) is 28.2 Å². The van der Waals surface area contributed by atoms with Crippen LogP contribution in [0.2, 0.25) is 0 Å². The number of hydrogen-bond donors (Lipinski definition) is 0. The lowest BCUT2D eigenvalue weighted by Gasteiger charge is -2.09. The van der Waals surface area contributed by atoms with E-state index in [9.17, 15) is 4.79 Å². The number of ether oxygens (including phenoxy) is 1. The summed E-state index contributed by atoms with van der Waals surface area (Å²) < 4.78 is 8.36. The Bertz CT molecular complexity index is 664. The van der Waals surface area contributed by atoms with Crippen LogP contribution in [-0.4, -0.2) is 29.8 Å². The second-order valence-electron chi connectivity index (χ2n) is 5.45. The fourth-order valence-corrected chi connectivity index (χ4v) is 3.60. The number of nitrogens with zero attached hydrogens (tertiary/aromatic N) is 1. The maximum atomic E-state index is 12.5. The molecule has 0 unspecified atom stereocenters. The molecular formula is C18H22BrNO2S. The van der Waals surface area contributed by atoms with Crippen LogP contribution in [0, 0.1) is 13.8 Å². The van der Waals surface area contributed by atoms with Crippen molar-refractivity contribution in [3.63, 3.8) is 0 Å². The molecule has 0 saturated carbocycles. The van der Waals surface area contributed by atoms with E-state index in [0.717, 1.165) is 45.9 Å². The number of methoxy groups -OCH3 is 1. The van der Waals surface area contributed by atoms with Gasteiger partial charge in [0.15, 0.2) is 5.78 Å². The van der Waals surface area contributed by atoms with Crippen molar-refractivity contribution in [3.05, 3.63) is 51.8 Å². The lowest BCUT2D eigenvalue weighted by atomic mass is 10.2. The maximum absolute atomic E-state index is 12.5. The summed E-state index contributed by atoms with van der Waals surface area (Å²) in [6.45, 7) is 5.70. The molecule has 2 aromatic rings. The van der Waals surface area contributed by atoms with E-state index < -0.39 is 0 Å². The van der Waals surface area contributed by atoms with Crippen LogP contribution in [0.25, 0.3) is 0 Å². The van der Waals surface area contributed by atoms with Crippen molar-refractivity contribution in [2.75, 3.05) is 19.5 Å². The summed E-state index contributed by atoms with van der Waals surface area (Å²) in [5.41, 5.74) is 3.03. The lowest BCUT2D eigenvalue weighted by molar-refractivity contribution is 0.102. The molecule has 3 nitrogen and oxygen atoms in total. The van der Waals surface area contributed by atoms with Crippen molar-refractivity contribution in [3.8, 4) is 0 Å². The molecule has 0 saturated heterocycles. The van der Waals surface area contributed by atoms with Gasteiger partial charge >= 0.3 is 0 Å². The zero-order valence-corrected chi connectivity index (χ0v) is 16.2. The molecule has 0 aliphatic rings. The van der Waals surface area contributed by atoms with Gasteiger partial charge in [-0.3, -0.25) is 4.79 Å². The van der Waals surface area contributed by atoms with E-state index in [1.807, 2.05) is 37.3 Å². The van der Waals surface area contributed by atoms with Crippen molar-refractivity contribution in [2.24, 2.45) is 0 Å². The van der Waals surface area contributed by atoms with Gasteiger partial charge in [0.05, 0.1) is 5.75 Å². The molecule has 0 amide bonds. The average Bonchev–Trinajstić information content (AvgIpc) is 2.82. The van der Waals surface area contributed by atoms with Crippen LogP contribution in [0.15, 0.2) is 39.7 Å². The molecule has 0 aliphatic heterocycles. The van der Waals surface area contributed by atoms with Gasteiger partial charge in [-0.05, 0) is 50.6 Å². The number of halogens is 1. The van der Waals surface area contributed by atoms with Crippen molar-refractivity contribution in [2.45, 2.75) is 31.7 Å². The first-order valence-electron chi connectivity index (χ1n) is 7.60. The zero-order chi connectivity index (χ0) is 16.8. The highest BCUT2D eigenvalue weighted by Crippen LogP contribution is 2.23. The Kier molecular flexibility index (Phi) is 6.93. The minimum absolute atomic E-state index is 0.184. The van der Waals surface area contributed by atoms with Crippen molar-refractivity contribution < 1.29 is 9.53 Å². The molecule has 0 fully saturated rings. The highest BCUT2D eigenvalue weighted by Gasteiger charge is 2.15. The second-order valence-corrected chi connectivity index (χ2v) is 7.41. The second kappa shape index (κ2) is 8.71. The molecule has 0 radical (unpaired) electrons. The van der Waals surface area contributed by atoms with Gasteiger partial charge < -0.3 is 9.30 Å². The van der Waals surface area contributed by atoms with E-state index in [-0.39, 0.29) is 5.78 Å². The van der Waals surface area contributed by atoms with Gasteiger partial charge in [-0.15, -0.1) is 11.8 Å². The number of hydrogen-bond acceptors (Lipinski definition) is 3. The number of aryl methyl sites for hydroxylation is 1. The number of benzene rings is 1. The molecular weight excluding hydrogens is 374 g/mol. The highest BCUT2D eigenvalue weighted by molar-refractivity contribution is 9.10. The summed E-state index contributed by atoms with van der Waals surface area (Å²) in [7, 11) is 1.71. The summed E-state index contributed by atoms with van der Waals surface area (Å²) in [6, 6.07) is 10.0. The quantitative estimate of drug-likeness (QED) is 0.362. The fourth-order valence-electron chi connectivity index (χ4n) is 2.55. The summed E-state index contributed by atoms with van der Waals surface area (Å²) in [5.74, 6) is 0.647. The maximum Gasteiger partial charge on any atom is 0.174 e. The largest absolute Gasteiger partial charge is 0.385 e. The molecule has 23 heavy (non-hydrogen) atoms. The van der Waals surface area contributed by atoms with Gasteiger partial charge in [0.1, 0.15) is 0 Å². The van der Waals surface area contributed by atoms with Crippen molar-refractivity contribution in [1.29, 1.82) is 0 Å². The first kappa shape index (κ1) is 18.3. The Morgan fingerprint density at radius 1 is 1.26 bits per heavy atom. The summed E-state index contributed by atoms with van der Waals surface area (Å²) in [6.07, 6.45) is 0.953. The molecule has 0 N–H and O–H groups in total. The number of aromatic nitrogens is 1. The predicted octanol–water partition coefficient (Wildman–Crippen LogP) is 4.88. The van der Waals surface area contributed by atoms with Gasteiger partial charge in [-0.1, -0.05) is 15.9 Å². The van der Waals surface area contributed by atoms with Crippen LogP contribution in [-0.2, 0) is 11.3 Å². The normalized spacial score (nSPS) is 11.0. The molecule has 0 aliphatic carbocycles.